The van der Waals surface area contributed by atoms with Gasteiger partial charge in [0.1, 0.15) is 10.9 Å². The quantitative estimate of drug-likeness (QED) is 0.0695. The Labute approximate surface area is 251 Å². The third kappa shape index (κ3) is 6.73. The lowest BCUT2D eigenvalue weighted by molar-refractivity contribution is -0.525. The van der Waals surface area contributed by atoms with Gasteiger partial charge in [0.25, 0.3) is 11.9 Å². The van der Waals surface area contributed by atoms with E-state index in [1.807, 2.05) is 6.92 Å². The molecule has 0 spiro atoms. The lowest BCUT2D eigenvalue weighted by Gasteiger charge is -2.64. The molecule has 5 N–H and O–H groups in total. The van der Waals surface area contributed by atoms with Crippen LogP contribution in [0, 0.1) is 47.1 Å². The van der Waals surface area contributed by atoms with E-state index < -0.39 is 29.7 Å². The second kappa shape index (κ2) is 12.5. The normalized spacial score (nSPS) is 27.6. The van der Waals surface area contributed by atoms with Crippen LogP contribution in [0.3, 0.4) is 0 Å². The van der Waals surface area contributed by atoms with Crippen LogP contribution in [-0.2, 0) is 14.1 Å². The third-order valence-corrected chi connectivity index (χ3v) is 10.3. The molecule has 13 nitrogen and oxygen atoms in total. The van der Waals surface area contributed by atoms with Crippen molar-refractivity contribution in [2.75, 3.05) is 6.54 Å². The largest absolute Gasteiger partial charge is 0.481 e. The summed E-state index contributed by atoms with van der Waals surface area (Å²) in [4.78, 5) is 46.3. The molecule has 2 heterocycles. The number of hydrogen-bond acceptors (Lipinski definition) is 9. The maximum atomic E-state index is 13.8. The van der Waals surface area contributed by atoms with E-state index in [1.54, 1.807) is 12.3 Å². The highest BCUT2D eigenvalue weighted by atomic mass is 32.1. The fraction of sp³-hybridized carbons (Fsp3) is 0.778. The first-order valence-electron chi connectivity index (χ1n) is 14.7. The van der Waals surface area contributed by atoms with E-state index in [9.17, 15) is 19.7 Å². The van der Waals surface area contributed by atoms with Gasteiger partial charge >= 0.3 is 7.12 Å². The number of carbonyl (C=O) groups is 2. The number of rotatable bonds is 12. The van der Waals surface area contributed by atoms with Crippen molar-refractivity contribution in [3.63, 3.8) is 0 Å². The van der Waals surface area contributed by atoms with Gasteiger partial charge in [-0.05, 0) is 76.0 Å². The van der Waals surface area contributed by atoms with Gasteiger partial charge in [0.05, 0.1) is 28.3 Å². The SMILES string of the molecule is Cc1nc(C)c(C(=O)N[C@@H](CCCN=C(N)N[N+](=O)[O-])C(=O)N[C@@H](CC(C)C)B2O[C@@H]3C[C@@H]4C[C@@H](C4(C)C)C3(C)O2)s1. The van der Waals surface area contributed by atoms with E-state index in [0.717, 1.165) is 17.8 Å². The van der Waals surface area contributed by atoms with E-state index in [2.05, 4.69) is 55.2 Å². The van der Waals surface area contributed by atoms with Crippen LogP contribution in [-0.4, -0.2) is 65.1 Å². The Balaban J connectivity index is 1.48. The van der Waals surface area contributed by atoms with Gasteiger partial charge in [-0.2, -0.15) is 0 Å². The highest BCUT2D eigenvalue weighted by Gasteiger charge is 2.68. The van der Waals surface area contributed by atoms with Crippen molar-refractivity contribution >= 4 is 36.2 Å². The Kier molecular flexibility index (Phi) is 9.53. The number of aryl methyl sites for hydroxylation is 2. The summed E-state index contributed by atoms with van der Waals surface area (Å²) in [6.45, 7) is 14.6. The molecule has 1 unspecified atom stereocenters. The zero-order chi connectivity index (χ0) is 31.0. The van der Waals surface area contributed by atoms with Crippen molar-refractivity contribution < 1.29 is 23.9 Å². The average molecular weight is 606 g/mol. The molecule has 2 bridgehead atoms. The molecule has 232 valence electrons. The number of guanidine groups is 1. The predicted molar refractivity (Wildman–Crippen MR) is 160 cm³/mol. The molecule has 4 fully saturated rings. The molecule has 4 aliphatic rings. The fourth-order valence-electron chi connectivity index (χ4n) is 6.96. The van der Waals surface area contributed by atoms with Crippen LogP contribution < -0.4 is 21.8 Å². The monoisotopic (exact) mass is 605 g/mol. The number of nitrogens with one attached hydrogen (secondary N) is 3. The number of thiazole rings is 1. The summed E-state index contributed by atoms with van der Waals surface area (Å²) in [6, 6.07) is -0.889. The van der Waals surface area contributed by atoms with Gasteiger partial charge in [-0.15, -0.1) is 11.3 Å². The molecule has 0 aromatic carbocycles. The van der Waals surface area contributed by atoms with Crippen molar-refractivity contribution in [2.24, 2.45) is 33.9 Å². The number of nitrogens with two attached hydrogens (primary N) is 1. The predicted octanol–water partition coefficient (Wildman–Crippen LogP) is 2.53. The van der Waals surface area contributed by atoms with Crippen molar-refractivity contribution in [1.29, 1.82) is 0 Å². The Morgan fingerprint density at radius 3 is 2.57 bits per heavy atom. The molecule has 3 aliphatic carbocycles. The summed E-state index contributed by atoms with van der Waals surface area (Å²) in [5.41, 5.74) is 7.69. The number of aromatic nitrogens is 1. The molecule has 1 aliphatic heterocycles. The first kappa shape index (κ1) is 32.1. The molecule has 2 amide bonds. The lowest BCUT2D eigenvalue weighted by Crippen LogP contribution is -2.65. The molecule has 1 saturated heterocycles. The van der Waals surface area contributed by atoms with Crippen molar-refractivity contribution in [1.82, 2.24) is 21.0 Å². The van der Waals surface area contributed by atoms with E-state index >= 15 is 0 Å². The molecule has 5 rings (SSSR count). The zero-order valence-corrected chi connectivity index (χ0v) is 26.4. The molecular weight excluding hydrogens is 561 g/mol. The van der Waals surface area contributed by atoms with Gasteiger partial charge in [-0.25, -0.2) is 20.1 Å². The molecule has 42 heavy (non-hydrogen) atoms. The van der Waals surface area contributed by atoms with Crippen LogP contribution in [0.15, 0.2) is 4.99 Å². The van der Waals surface area contributed by atoms with Crippen molar-refractivity contribution in [2.45, 2.75) is 104 Å². The Morgan fingerprint density at radius 1 is 1.26 bits per heavy atom. The standard InChI is InChI=1S/C27H44BN7O6S/c1-14(2)11-21(28-40-20-13-17-12-19(26(17,5)6)27(20,7)41-28)33-23(36)18(9-8-10-30-25(29)34-35(38)39)32-24(37)22-15(3)31-16(4)42-22/h14,17-21H,8-13H2,1-7H3,(H,32,37)(H,33,36)(H3,29,30,34)/t17-,18-,19-,20+,21-,27?/m0/s1. The summed E-state index contributed by atoms with van der Waals surface area (Å²) in [6.07, 6.45) is 3.28. The second-order valence-electron chi connectivity index (χ2n) is 13.0. The maximum Gasteiger partial charge on any atom is 0.481 e. The van der Waals surface area contributed by atoms with Crippen LogP contribution in [0.2, 0.25) is 0 Å². The number of amides is 2. The Morgan fingerprint density at radius 2 is 1.98 bits per heavy atom. The lowest BCUT2D eigenvalue weighted by atomic mass is 9.43. The Hall–Kier alpha value is -2.78. The smallest absolute Gasteiger partial charge is 0.404 e. The molecule has 15 heteroatoms. The van der Waals surface area contributed by atoms with Crippen LogP contribution >= 0.6 is 11.3 Å². The molecule has 3 saturated carbocycles. The number of hydrogen-bond donors (Lipinski definition) is 4. The summed E-state index contributed by atoms with van der Waals surface area (Å²) in [5, 5.41) is 16.6. The van der Waals surface area contributed by atoms with Gasteiger partial charge in [-0.3, -0.25) is 9.59 Å². The zero-order valence-electron chi connectivity index (χ0n) is 25.6. The minimum absolute atomic E-state index is 0.0185. The fourth-order valence-corrected chi connectivity index (χ4v) is 7.78. The van der Waals surface area contributed by atoms with E-state index in [-0.39, 0.29) is 48.2 Å². The first-order valence-corrected chi connectivity index (χ1v) is 15.5. The average Bonchev–Trinajstić information content (AvgIpc) is 3.42. The number of carbonyl (C=O) groups excluding carboxylic acids is 2. The van der Waals surface area contributed by atoms with Crippen LogP contribution in [0.1, 0.15) is 87.1 Å². The van der Waals surface area contributed by atoms with Crippen molar-refractivity contribution in [3.05, 3.63) is 25.7 Å². The minimum atomic E-state index is -0.889. The molecule has 6 atom stereocenters. The summed E-state index contributed by atoms with van der Waals surface area (Å²) in [5.74, 6) is -0.225. The summed E-state index contributed by atoms with van der Waals surface area (Å²) >= 11 is 1.27. The van der Waals surface area contributed by atoms with Gasteiger partial charge in [0.2, 0.25) is 5.91 Å². The van der Waals surface area contributed by atoms with Gasteiger partial charge < -0.3 is 25.7 Å². The third-order valence-electron chi connectivity index (χ3n) is 9.22. The number of aliphatic imine (C=N–C) groups is 1. The summed E-state index contributed by atoms with van der Waals surface area (Å²) in [7, 11) is -0.596. The first-order chi connectivity index (χ1) is 19.6. The van der Waals surface area contributed by atoms with Gasteiger partial charge in [0, 0.05) is 6.54 Å². The molecule has 1 aromatic heterocycles. The van der Waals surface area contributed by atoms with Gasteiger partial charge in [0.15, 0.2) is 5.03 Å². The molecule has 1 aromatic rings. The topological polar surface area (TPSA) is 183 Å². The van der Waals surface area contributed by atoms with E-state index in [1.165, 1.54) is 11.3 Å². The molecular formula is C27H44BN7O6S. The second-order valence-corrected chi connectivity index (χ2v) is 14.2. The van der Waals surface area contributed by atoms with Crippen LogP contribution in [0.5, 0.6) is 0 Å². The number of hydrazine groups is 1. The maximum absolute atomic E-state index is 13.8. The highest BCUT2D eigenvalue weighted by Crippen LogP contribution is 2.65. The van der Waals surface area contributed by atoms with E-state index in [0.29, 0.717) is 35.2 Å². The summed E-state index contributed by atoms with van der Waals surface area (Å²) < 4.78 is 13.2. The highest BCUT2D eigenvalue weighted by molar-refractivity contribution is 7.13. The van der Waals surface area contributed by atoms with Crippen LogP contribution in [0.25, 0.3) is 0 Å². The van der Waals surface area contributed by atoms with E-state index in [4.69, 9.17) is 15.0 Å². The molecule has 0 radical (unpaired) electrons. The number of nitro groups is 1. The Bertz CT molecular complexity index is 1230. The van der Waals surface area contributed by atoms with Crippen molar-refractivity contribution in [3.8, 4) is 0 Å². The van der Waals surface area contributed by atoms with Crippen LogP contribution in [0.4, 0.5) is 0 Å². The minimum Gasteiger partial charge on any atom is -0.404 e. The van der Waals surface area contributed by atoms with Gasteiger partial charge in [-0.1, -0.05) is 33.1 Å². The number of nitrogens with zero attached hydrogens (tertiary/aromatic N) is 3.